The van der Waals surface area contributed by atoms with E-state index in [4.69, 9.17) is 23.2 Å². The lowest BCUT2D eigenvalue weighted by molar-refractivity contribution is -0.139. The van der Waals surface area contributed by atoms with Crippen LogP contribution in [0, 0.1) is 11.8 Å². The highest BCUT2D eigenvalue weighted by Crippen LogP contribution is 2.42. The molecule has 1 saturated heterocycles. The second kappa shape index (κ2) is 5.89. The molecular weight excluding hydrogens is 327 g/mol. The molecule has 3 rings (SSSR count). The van der Waals surface area contributed by atoms with Crippen LogP contribution in [0.1, 0.15) is 16.8 Å². The minimum absolute atomic E-state index is 0.0724. The first kappa shape index (κ1) is 15.3. The molecule has 1 N–H and O–H groups in total. The third-order valence-corrected chi connectivity index (χ3v) is 4.74. The van der Waals surface area contributed by atoms with E-state index in [-0.39, 0.29) is 36.0 Å². The summed E-state index contributed by atoms with van der Waals surface area (Å²) in [4.78, 5) is 37.5. The Hall–Kier alpha value is -1.59. The lowest BCUT2D eigenvalue weighted by atomic mass is 10.1. The Morgan fingerprint density at radius 2 is 1.95 bits per heavy atom. The van der Waals surface area contributed by atoms with Gasteiger partial charge in [-0.25, -0.2) is 0 Å². The van der Waals surface area contributed by atoms with Gasteiger partial charge in [-0.05, 0) is 24.6 Å². The van der Waals surface area contributed by atoms with Crippen molar-refractivity contribution in [1.29, 1.82) is 0 Å². The summed E-state index contributed by atoms with van der Waals surface area (Å²) in [6.45, 7) is 1.03. The monoisotopic (exact) mass is 340 g/mol. The van der Waals surface area contributed by atoms with Crippen molar-refractivity contribution in [3.63, 3.8) is 0 Å². The highest BCUT2D eigenvalue weighted by Gasteiger charge is 2.49. The van der Waals surface area contributed by atoms with E-state index in [1.807, 2.05) is 0 Å². The van der Waals surface area contributed by atoms with Crippen molar-refractivity contribution in [1.82, 2.24) is 10.2 Å². The summed E-state index contributed by atoms with van der Waals surface area (Å²) in [5, 5.41) is 3.38. The summed E-state index contributed by atoms with van der Waals surface area (Å²) in [6, 6.07) is 4.72. The Bertz CT molecular complexity index is 662. The fourth-order valence-corrected chi connectivity index (χ4v) is 2.98. The molecule has 2 amide bonds. The molecule has 0 radical (unpaired) electrons. The normalized spacial score (nSPS) is 23.9. The van der Waals surface area contributed by atoms with Gasteiger partial charge in [-0.2, -0.15) is 0 Å². The summed E-state index contributed by atoms with van der Waals surface area (Å²) in [6.07, 6.45) is 0.524. The number of benzene rings is 1. The van der Waals surface area contributed by atoms with Gasteiger partial charge in [-0.1, -0.05) is 23.2 Å². The number of nitrogens with one attached hydrogen (secondary N) is 1. The van der Waals surface area contributed by atoms with E-state index in [1.54, 1.807) is 12.1 Å². The van der Waals surface area contributed by atoms with Crippen molar-refractivity contribution in [2.45, 2.75) is 6.42 Å². The zero-order chi connectivity index (χ0) is 15.9. The van der Waals surface area contributed by atoms with Crippen LogP contribution in [0.15, 0.2) is 18.2 Å². The van der Waals surface area contributed by atoms with Crippen LogP contribution in [0.25, 0.3) is 0 Å². The molecule has 1 aromatic rings. The zero-order valence-corrected chi connectivity index (χ0v) is 13.2. The number of hydrogen-bond acceptors (Lipinski definition) is 3. The van der Waals surface area contributed by atoms with Crippen LogP contribution in [-0.4, -0.2) is 42.1 Å². The number of nitrogens with zero attached hydrogens (tertiary/aromatic N) is 1. The van der Waals surface area contributed by atoms with Gasteiger partial charge >= 0.3 is 0 Å². The van der Waals surface area contributed by atoms with E-state index in [2.05, 4.69) is 5.32 Å². The minimum atomic E-state index is -0.326. The minimum Gasteiger partial charge on any atom is -0.353 e. The summed E-state index contributed by atoms with van der Waals surface area (Å²) in [7, 11) is 0. The van der Waals surface area contributed by atoms with Gasteiger partial charge in [0.2, 0.25) is 11.8 Å². The number of piperazine rings is 1. The maximum Gasteiger partial charge on any atom is 0.239 e. The molecule has 0 spiro atoms. The number of rotatable bonds is 3. The van der Waals surface area contributed by atoms with Crippen LogP contribution in [0.3, 0.4) is 0 Å². The molecule has 0 bridgehead atoms. The first-order valence-corrected chi connectivity index (χ1v) is 7.77. The fraction of sp³-hybridized carbons (Fsp3) is 0.400. The summed E-state index contributed by atoms with van der Waals surface area (Å²) in [5.41, 5.74) is 0.464. The van der Waals surface area contributed by atoms with Gasteiger partial charge < -0.3 is 10.2 Å². The maximum atomic E-state index is 12.4. The van der Waals surface area contributed by atoms with Gasteiger partial charge in [0, 0.05) is 30.5 Å². The second-order valence-electron chi connectivity index (χ2n) is 5.55. The standard InChI is InChI=1S/C15H14Cl2N2O3/c16-11-2-1-8(5-12(11)17)14(21)9-6-10(9)15(22)19-4-3-18-13(20)7-19/h1-2,5,9-10H,3-4,6-7H2,(H,18,20)/t9-,10-/m0/s1. The molecule has 1 saturated carbocycles. The van der Waals surface area contributed by atoms with Crippen LogP contribution in [0.5, 0.6) is 0 Å². The molecule has 2 fully saturated rings. The molecule has 0 aromatic heterocycles. The topological polar surface area (TPSA) is 66.5 Å². The van der Waals surface area contributed by atoms with Crippen molar-refractivity contribution >= 4 is 40.8 Å². The van der Waals surface area contributed by atoms with Crippen molar-refractivity contribution in [3.05, 3.63) is 33.8 Å². The lowest BCUT2D eigenvalue weighted by Gasteiger charge is -2.26. The van der Waals surface area contributed by atoms with Crippen molar-refractivity contribution in [2.75, 3.05) is 19.6 Å². The van der Waals surface area contributed by atoms with Gasteiger partial charge in [0.15, 0.2) is 5.78 Å². The molecule has 1 aliphatic carbocycles. The number of Topliss-reactive ketones (excluding diaryl/α,β-unsaturated/α-hetero) is 1. The Labute approximate surface area is 137 Å². The van der Waals surface area contributed by atoms with E-state index >= 15 is 0 Å². The zero-order valence-electron chi connectivity index (χ0n) is 11.6. The van der Waals surface area contributed by atoms with Crippen LogP contribution in [-0.2, 0) is 9.59 Å². The quantitative estimate of drug-likeness (QED) is 0.852. The molecule has 22 heavy (non-hydrogen) atoms. The van der Waals surface area contributed by atoms with Crippen LogP contribution < -0.4 is 5.32 Å². The molecule has 1 aliphatic heterocycles. The van der Waals surface area contributed by atoms with Crippen LogP contribution in [0.2, 0.25) is 10.0 Å². The van der Waals surface area contributed by atoms with Crippen LogP contribution in [0.4, 0.5) is 0 Å². The summed E-state index contributed by atoms with van der Waals surface area (Å²) in [5.74, 6) is -1.03. The number of halogens is 2. The molecule has 1 heterocycles. The molecule has 1 aromatic carbocycles. The molecule has 2 atom stereocenters. The fourth-order valence-electron chi connectivity index (χ4n) is 2.68. The first-order chi connectivity index (χ1) is 10.5. The molecule has 116 valence electrons. The Morgan fingerprint density at radius 3 is 2.64 bits per heavy atom. The third-order valence-electron chi connectivity index (χ3n) is 4.00. The smallest absolute Gasteiger partial charge is 0.239 e. The van der Waals surface area contributed by atoms with Gasteiger partial charge in [0.05, 0.1) is 16.6 Å². The highest BCUT2D eigenvalue weighted by atomic mass is 35.5. The summed E-state index contributed by atoms with van der Waals surface area (Å²) < 4.78 is 0. The lowest BCUT2D eigenvalue weighted by Crippen LogP contribution is -2.50. The molecule has 5 nitrogen and oxygen atoms in total. The summed E-state index contributed by atoms with van der Waals surface area (Å²) >= 11 is 11.7. The van der Waals surface area contributed by atoms with Gasteiger partial charge in [0.1, 0.15) is 0 Å². The third kappa shape index (κ3) is 2.96. The predicted octanol–water partition coefficient (Wildman–Crippen LogP) is 1.77. The highest BCUT2D eigenvalue weighted by molar-refractivity contribution is 6.42. The Kier molecular flexibility index (Phi) is 4.10. The molecular formula is C15H14Cl2N2O3. The van der Waals surface area contributed by atoms with E-state index in [0.29, 0.717) is 35.1 Å². The van der Waals surface area contributed by atoms with Gasteiger partial charge in [-0.15, -0.1) is 0 Å². The molecule has 0 unspecified atom stereocenters. The van der Waals surface area contributed by atoms with E-state index in [0.717, 1.165) is 0 Å². The van der Waals surface area contributed by atoms with Crippen molar-refractivity contribution in [3.8, 4) is 0 Å². The largest absolute Gasteiger partial charge is 0.353 e. The second-order valence-corrected chi connectivity index (χ2v) is 6.37. The number of hydrogen-bond donors (Lipinski definition) is 1. The van der Waals surface area contributed by atoms with Gasteiger partial charge in [0.25, 0.3) is 0 Å². The number of ketones is 1. The van der Waals surface area contributed by atoms with Crippen molar-refractivity contribution in [2.24, 2.45) is 11.8 Å². The Morgan fingerprint density at radius 1 is 1.18 bits per heavy atom. The average Bonchev–Trinajstić information content (AvgIpc) is 3.29. The van der Waals surface area contributed by atoms with Crippen LogP contribution >= 0.6 is 23.2 Å². The molecule has 7 heteroatoms. The molecule has 2 aliphatic rings. The SMILES string of the molecule is O=C1CN(C(=O)[C@H]2C[C@@H]2C(=O)c2ccc(Cl)c(Cl)c2)CCN1. The van der Waals surface area contributed by atoms with Crippen molar-refractivity contribution < 1.29 is 14.4 Å². The number of carbonyl (C=O) groups is 3. The van der Waals surface area contributed by atoms with E-state index in [1.165, 1.54) is 11.0 Å². The average molecular weight is 341 g/mol. The Balaban J connectivity index is 1.65. The van der Waals surface area contributed by atoms with Gasteiger partial charge in [-0.3, -0.25) is 14.4 Å². The maximum absolute atomic E-state index is 12.4. The van der Waals surface area contributed by atoms with E-state index in [9.17, 15) is 14.4 Å². The number of carbonyl (C=O) groups excluding carboxylic acids is 3. The van der Waals surface area contributed by atoms with E-state index < -0.39 is 0 Å². The number of amides is 2. The first-order valence-electron chi connectivity index (χ1n) is 7.02. The predicted molar refractivity (Wildman–Crippen MR) is 82.0 cm³/mol.